The van der Waals surface area contributed by atoms with Gasteiger partial charge < -0.3 is 26.4 Å². The molecule has 0 saturated carbocycles. The van der Waals surface area contributed by atoms with Gasteiger partial charge in [-0.3, -0.25) is 15.6 Å². The number of pyridine rings is 1. The number of nitrogens with one attached hydrogen (secondary N) is 3. The molecule has 0 bridgehead atoms. The van der Waals surface area contributed by atoms with Gasteiger partial charge in [0.15, 0.2) is 5.96 Å². The van der Waals surface area contributed by atoms with Gasteiger partial charge in [0.05, 0.1) is 11.1 Å². The maximum Gasteiger partial charge on any atom is 0.412 e. The van der Waals surface area contributed by atoms with E-state index in [0.717, 1.165) is 0 Å². The van der Waals surface area contributed by atoms with E-state index in [0.29, 0.717) is 29.2 Å². The number of anilines is 1. The van der Waals surface area contributed by atoms with E-state index in [1.165, 1.54) is 48.5 Å². The third-order valence-electron chi connectivity index (χ3n) is 5.88. The van der Waals surface area contributed by atoms with Crippen LogP contribution in [0.2, 0.25) is 5.02 Å². The third kappa shape index (κ3) is 9.46. The normalized spacial score (nSPS) is 12.0. The van der Waals surface area contributed by atoms with Crippen LogP contribution in [0, 0.1) is 11.6 Å². The predicted octanol–water partition coefficient (Wildman–Crippen LogP) is 3.69. The summed E-state index contributed by atoms with van der Waals surface area (Å²) in [7, 11) is 1.50. The number of carbonyl (C=O) groups is 3. The van der Waals surface area contributed by atoms with Crippen molar-refractivity contribution >= 4 is 52.3 Å². The Morgan fingerprint density at radius 2 is 1.93 bits per heavy atom. The summed E-state index contributed by atoms with van der Waals surface area (Å²) in [5.74, 6) is -1.06. The van der Waals surface area contributed by atoms with Gasteiger partial charge in [0.2, 0.25) is 0 Å². The molecule has 0 aliphatic heterocycles. The molecule has 1 atom stereocenters. The number of likely N-dealkylation sites (N-methyl/N-ethyl adjacent to an activating group) is 1. The minimum absolute atomic E-state index is 0.0400. The van der Waals surface area contributed by atoms with Crippen molar-refractivity contribution in [2.75, 3.05) is 25.5 Å². The first kappa shape index (κ1) is 30.8. The highest BCUT2D eigenvalue weighted by atomic mass is 35.5. The zero-order valence-corrected chi connectivity index (χ0v) is 22.8. The Hall–Kier alpha value is -4.72. The molecule has 0 fully saturated rings. The lowest BCUT2D eigenvalue weighted by molar-refractivity contribution is 0.113. The Balaban J connectivity index is 1.62. The van der Waals surface area contributed by atoms with Gasteiger partial charge >= 0.3 is 18.2 Å². The van der Waals surface area contributed by atoms with Gasteiger partial charge in [-0.15, -0.1) is 0 Å². The predicted molar refractivity (Wildman–Crippen MR) is 150 cm³/mol. The van der Waals surface area contributed by atoms with Gasteiger partial charge in [-0.25, -0.2) is 28.1 Å². The number of hydrogen-bond donors (Lipinski definition) is 5. The smallest absolute Gasteiger partial charge is 0.412 e. The number of primary amides is 1. The van der Waals surface area contributed by atoms with E-state index in [9.17, 15) is 23.2 Å². The monoisotopic (exact) mass is 590 g/mol. The fraction of sp³-hybridized carbons (Fsp3) is 0.269. The van der Waals surface area contributed by atoms with E-state index >= 15 is 0 Å². The van der Waals surface area contributed by atoms with Gasteiger partial charge in [0.1, 0.15) is 24.1 Å². The van der Waals surface area contributed by atoms with Crippen LogP contribution < -0.4 is 27.4 Å². The highest BCUT2D eigenvalue weighted by molar-refractivity contribution is 6.31. The van der Waals surface area contributed by atoms with Gasteiger partial charge in [-0.1, -0.05) is 23.7 Å². The Bertz CT molecular complexity index is 1440. The quantitative estimate of drug-likeness (QED) is 0.137. The van der Waals surface area contributed by atoms with Crippen molar-refractivity contribution in [3.05, 3.63) is 70.9 Å². The average Bonchev–Trinajstić information content (AvgIpc) is 2.92. The maximum atomic E-state index is 13.7. The van der Waals surface area contributed by atoms with Crippen LogP contribution in [0.3, 0.4) is 0 Å². The van der Waals surface area contributed by atoms with Crippen molar-refractivity contribution in [1.82, 2.24) is 20.5 Å². The third-order valence-corrected chi connectivity index (χ3v) is 6.30. The zero-order chi connectivity index (χ0) is 29.9. The zero-order valence-electron chi connectivity index (χ0n) is 22.0. The Morgan fingerprint density at radius 3 is 2.68 bits per heavy atom. The number of fused-ring (bicyclic) bond motifs is 1. The summed E-state index contributed by atoms with van der Waals surface area (Å²) >= 11 is 5.97. The topological polar surface area (TPSA) is 177 Å². The van der Waals surface area contributed by atoms with E-state index in [4.69, 9.17) is 27.8 Å². The largest absolute Gasteiger partial charge is 0.447 e. The van der Waals surface area contributed by atoms with Crippen molar-refractivity contribution in [1.29, 1.82) is 0 Å². The minimum Gasteiger partial charge on any atom is -0.447 e. The standard InChI is InChI=1S/C26H29ClF2N8O4/c1-37(25(39)34-13-16-4-2-6-20(29)22(16)27)19(5-3-9-32-23(30)36-24(31)38)14-41-26(40)35-21-11-17-10-18(28)8-7-15(17)12-33-21/h2,4,6-8,10-12,19H,3,5,9,13-14H2,1H3,(H,34,39)(H,33,35,40)(H5,30,31,32,36,38)/t19-/m0/s1. The second-order valence-corrected chi connectivity index (χ2v) is 9.20. The number of benzene rings is 2. The van der Waals surface area contributed by atoms with E-state index in [2.05, 4.69) is 25.9 Å². The van der Waals surface area contributed by atoms with Crippen molar-refractivity contribution in [2.24, 2.45) is 16.5 Å². The molecular formula is C26H29ClF2N8O4. The van der Waals surface area contributed by atoms with E-state index < -0.39 is 35.8 Å². The van der Waals surface area contributed by atoms with Crippen molar-refractivity contribution in [2.45, 2.75) is 25.4 Å². The average molecular weight is 591 g/mol. The molecule has 12 nitrogen and oxygen atoms in total. The summed E-state index contributed by atoms with van der Waals surface area (Å²) < 4.78 is 32.7. The molecule has 1 aromatic heterocycles. The molecular weight excluding hydrogens is 562 g/mol. The van der Waals surface area contributed by atoms with Crippen molar-refractivity contribution in [3.63, 3.8) is 0 Å². The number of halogens is 3. The maximum absolute atomic E-state index is 13.7. The second kappa shape index (κ2) is 14.6. The first-order chi connectivity index (χ1) is 19.5. The molecule has 7 N–H and O–H groups in total. The van der Waals surface area contributed by atoms with Crippen LogP contribution in [0.15, 0.2) is 53.7 Å². The lowest BCUT2D eigenvalue weighted by atomic mass is 10.1. The van der Waals surface area contributed by atoms with E-state index in [1.807, 2.05) is 0 Å². The van der Waals surface area contributed by atoms with Gasteiger partial charge in [0, 0.05) is 31.7 Å². The fourth-order valence-corrected chi connectivity index (χ4v) is 3.91. The highest BCUT2D eigenvalue weighted by Crippen LogP contribution is 2.20. The summed E-state index contributed by atoms with van der Waals surface area (Å²) in [4.78, 5) is 45.7. The van der Waals surface area contributed by atoms with Crippen LogP contribution in [0.25, 0.3) is 10.8 Å². The van der Waals surface area contributed by atoms with E-state index in [1.54, 1.807) is 12.1 Å². The summed E-state index contributed by atoms with van der Waals surface area (Å²) in [5, 5.41) is 8.40. The molecule has 0 unspecified atom stereocenters. The molecule has 0 aliphatic carbocycles. The Labute approximate surface area is 239 Å². The lowest BCUT2D eigenvalue weighted by Crippen LogP contribution is -2.46. The molecule has 0 radical (unpaired) electrons. The van der Waals surface area contributed by atoms with Gasteiger partial charge in [-0.05, 0) is 54.1 Å². The number of nitrogens with zero attached hydrogens (tertiary/aromatic N) is 3. The summed E-state index contributed by atoms with van der Waals surface area (Å²) in [6, 6.07) is 7.92. The molecule has 0 saturated heterocycles. The second-order valence-electron chi connectivity index (χ2n) is 8.82. The first-order valence-electron chi connectivity index (χ1n) is 12.3. The number of rotatable bonds is 10. The lowest BCUT2D eigenvalue weighted by Gasteiger charge is -2.28. The molecule has 41 heavy (non-hydrogen) atoms. The van der Waals surface area contributed by atoms with Crippen molar-refractivity contribution in [3.8, 4) is 0 Å². The van der Waals surface area contributed by atoms with Crippen LogP contribution in [0.5, 0.6) is 0 Å². The molecule has 5 amide bonds. The summed E-state index contributed by atoms with van der Waals surface area (Å²) in [6.07, 6.45) is 1.35. The number of carbonyl (C=O) groups excluding carboxylic acids is 3. The summed E-state index contributed by atoms with van der Waals surface area (Å²) in [5.41, 5.74) is 10.9. The number of amides is 5. The Morgan fingerprint density at radius 1 is 1.15 bits per heavy atom. The molecule has 0 spiro atoms. The van der Waals surface area contributed by atoms with Crippen LogP contribution in [-0.2, 0) is 11.3 Å². The molecule has 218 valence electrons. The van der Waals surface area contributed by atoms with Crippen LogP contribution in [-0.4, -0.2) is 60.2 Å². The number of hydrogen-bond acceptors (Lipinski definition) is 6. The van der Waals surface area contributed by atoms with Crippen LogP contribution in [0.4, 0.5) is 29.0 Å². The molecule has 2 aromatic carbocycles. The van der Waals surface area contributed by atoms with Gasteiger partial charge in [0.25, 0.3) is 0 Å². The molecule has 0 aliphatic rings. The van der Waals surface area contributed by atoms with Gasteiger partial charge in [-0.2, -0.15) is 0 Å². The number of urea groups is 2. The molecule has 3 aromatic rings. The summed E-state index contributed by atoms with van der Waals surface area (Å²) in [6.45, 7) is -0.0696. The van der Waals surface area contributed by atoms with Crippen LogP contribution >= 0.6 is 11.6 Å². The number of guanidine groups is 1. The molecule has 15 heteroatoms. The van der Waals surface area contributed by atoms with Crippen LogP contribution in [0.1, 0.15) is 18.4 Å². The number of nitrogens with two attached hydrogens (primary N) is 2. The first-order valence-corrected chi connectivity index (χ1v) is 12.7. The Kier molecular flexibility index (Phi) is 11.0. The number of ether oxygens (including phenoxy) is 1. The fourth-order valence-electron chi connectivity index (χ4n) is 3.72. The minimum atomic E-state index is -0.857. The molecule has 3 rings (SSSR count). The number of aliphatic imine (C=N–C) groups is 1. The molecule has 1 heterocycles. The number of aromatic nitrogens is 1. The van der Waals surface area contributed by atoms with Crippen molar-refractivity contribution < 1.29 is 27.9 Å². The SMILES string of the molecule is CN(C(=O)NCc1cccc(F)c1Cl)[C@@H](CCCN=C(N)NC(N)=O)COC(=O)Nc1cc2cc(F)ccc2cn1. The highest BCUT2D eigenvalue weighted by Gasteiger charge is 2.22. The van der Waals surface area contributed by atoms with E-state index in [-0.39, 0.29) is 36.5 Å².